The number of hydrogen-bond acceptors (Lipinski definition) is 2. The van der Waals surface area contributed by atoms with Gasteiger partial charge in [-0.2, -0.15) is 0 Å². The van der Waals surface area contributed by atoms with Crippen LogP contribution in [0.5, 0.6) is 5.75 Å². The van der Waals surface area contributed by atoms with Crippen LogP contribution in [0.2, 0.25) is 0 Å². The smallest absolute Gasteiger partial charge is 0.172 e. The molecular formula is C15H22O2. The lowest BCUT2D eigenvalue weighted by Gasteiger charge is -2.09. The van der Waals surface area contributed by atoms with E-state index in [4.69, 9.17) is 4.74 Å². The van der Waals surface area contributed by atoms with Crippen molar-refractivity contribution in [3.8, 4) is 5.75 Å². The number of benzene rings is 1. The number of aryl methyl sites for hydroxylation is 1. The minimum absolute atomic E-state index is 0.0920. The lowest BCUT2D eigenvalue weighted by molar-refractivity contribution is -0.124. The van der Waals surface area contributed by atoms with Crippen LogP contribution in [0.4, 0.5) is 0 Å². The first kappa shape index (κ1) is 13.8. The molecule has 0 amide bonds. The normalized spacial score (nSPS) is 12.2. The average Bonchev–Trinajstić information content (AvgIpc) is 2.37. The Hall–Kier alpha value is -1.31. The molecular weight excluding hydrogens is 212 g/mol. The van der Waals surface area contributed by atoms with Gasteiger partial charge in [0.25, 0.3) is 0 Å². The van der Waals surface area contributed by atoms with Crippen LogP contribution in [0.1, 0.15) is 39.2 Å². The first-order valence-electron chi connectivity index (χ1n) is 6.41. The van der Waals surface area contributed by atoms with Crippen LogP contribution in [0, 0.1) is 5.92 Å². The molecule has 0 saturated heterocycles. The molecule has 1 aromatic rings. The third-order valence-corrected chi connectivity index (χ3v) is 3.01. The third kappa shape index (κ3) is 4.59. The van der Waals surface area contributed by atoms with Gasteiger partial charge in [0.1, 0.15) is 12.4 Å². The van der Waals surface area contributed by atoms with Crippen LogP contribution in [-0.4, -0.2) is 12.4 Å². The van der Waals surface area contributed by atoms with E-state index in [-0.39, 0.29) is 18.3 Å². The summed E-state index contributed by atoms with van der Waals surface area (Å²) in [5.41, 5.74) is 1.31. The highest BCUT2D eigenvalue weighted by atomic mass is 16.5. The molecule has 2 heteroatoms. The fourth-order valence-corrected chi connectivity index (χ4v) is 1.57. The number of carbonyl (C=O) groups excluding carboxylic acids is 1. The van der Waals surface area contributed by atoms with Crippen molar-refractivity contribution in [2.45, 2.75) is 40.0 Å². The Morgan fingerprint density at radius 3 is 2.41 bits per heavy atom. The van der Waals surface area contributed by atoms with E-state index in [1.165, 1.54) is 5.56 Å². The van der Waals surface area contributed by atoms with Crippen molar-refractivity contribution in [2.24, 2.45) is 5.92 Å². The van der Waals surface area contributed by atoms with Crippen LogP contribution in [-0.2, 0) is 11.2 Å². The highest BCUT2D eigenvalue weighted by molar-refractivity contribution is 5.82. The van der Waals surface area contributed by atoms with Gasteiger partial charge < -0.3 is 4.74 Å². The third-order valence-electron chi connectivity index (χ3n) is 3.01. The molecule has 1 atom stereocenters. The summed E-state index contributed by atoms with van der Waals surface area (Å²) in [5, 5.41) is 0. The highest BCUT2D eigenvalue weighted by Crippen LogP contribution is 2.14. The molecule has 0 aliphatic heterocycles. The van der Waals surface area contributed by atoms with Crippen molar-refractivity contribution in [3.63, 3.8) is 0 Å². The summed E-state index contributed by atoms with van der Waals surface area (Å²) in [6, 6.07) is 8.00. The van der Waals surface area contributed by atoms with Crippen LogP contribution in [0.25, 0.3) is 0 Å². The maximum atomic E-state index is 11.6. The van der Waals surface area contributed by atoms with E-state index < -0.39 is 0 Å². The van der Waals surface area contributed by atoms with Gasteiger partial charge in [-0.25, -0.2) is 0 Å². The molecule has 0 radical (unpaired) electrons. The minimum Gasteiger partial charge on any atom is -0.486 e. The largest absolute Gasteiger partial charge is 0.486 e. The molecule has 0 spiro atoms. The second-order valence-corrected chi connectivity index (χ2v) is 4.46. The molecule has 0 fully saturated rings. The monoisotopic (exact) mass is 234 g/mol. The molecule has 0 heterocycles. The Kier molecular flexibility index (Phi) is 5.75. The quantitative estimate of drug-likeness (QED) is 0.720. The molecule has 2 nitrogen and oxygen atoms in total. The van der Waals surface area contributed by atoms with Gasteiger partial charge >= 0.3 is 0 Å². The minimum atomic E-state index is 0.0920. The Bertz CT molecular complexity index is 340. The fraction of sp³-hybridized carbons (Fsp3) is 0.533. The summed E-state index contributed by atoms with van der Waals surface area (Å²) in [4.78, 5) is 11.6. The molecule has 0 bridgehead atoms. The predicted octanol–water partition coefficient (Wildman–Crippen LogP) is 3.63. The van der Waals surface area contributed by atoms with E-state index >= 15 is 0 Å². The summed E-state index contributed by atoms with van der Waals surface area (Å²) in [7, 11) is 0. The molecule has 0 aromatic heterocycles. The van der Waals surface area contributed by atoms with Crippen molar-refractivity contribution in [1.29, 1.82) is 0 Å². The second kappa shape index (κ2) is 7.10. The van der Waals surface area contributed by atoms with Crippen molar-refractivity contribution in [2.75, 3.05) is 6.61 Å². The van der Waals surface area contributed by atoms with Crippen LogP contribution >= 0.6 is 0 Å². The number of hydrogen-bond donors (Lipinski definition) is 0. The van der Waals surface area contributed by atoms with E-state index in [9.17, 15) is 4.79 Å². The van der Waals surface area contributed by atoms with Crippen LogP contribution < -0.4 is 4.74 Å². The Morgan fingerprint density at radius 2 is 1.88 bits per heavy atom. The number of ether oxygens (including phenoxy) is 1. The van der Waals surface area contributed by atoms with E-state index in [1.807, 2.05) is 26.0 Å². The molecule has 0 N–H and O–H groups in total. The lowest BCUT2D eigenvalue weighted by atomic mass is 10.0. The van der Waals surface area contributed by atoms with Gasteiger partial charge in [0, 0.05) is 5.92 Å². The number of ketones is 1. The van der Waals surface area contributed by atoms with Gasteiger partial charge in [0.15, 0.2) is 5.78 Å². The van der Waals surface area contributed by atoms with Gasteiger partial charge in [0.05, 0.1) is 0 Å². The molecule has 1 rings (SSSR count). The Morgan fingerprint density at radius 1 is 1.24 bits per heavy atom. The summed E-state index contributed by atoms with van der Waals surface area (Å²) in [6.07, 6.45) is 3.11. The maximum Gasteiger partial charge on any atom is 0.172 e. The van der Waals surface area contributed by atoms with Gasteiger partial charge in [-0.3, -0.25) is 4.79 Å². The summed E-state index contributed by atoms with van der Waals surface area (Å²) in [6.45, 7) is 6.30. The lowest BCUT2D eigenvalue weighted by Crippen LogP contribution is -2.18. The summed E-state index contributed by atoms with van der Waals surface area (Å²) < 4.78 is 5.47. The van der Waals surface area contributed by atoms with Gasteiger partial charge in [-0.05, 0) is 30.5 Å². The molecule has 0 aliphatic carbocycles. The van der Waals surface area contributed by atoms with Gasteiger partial charge in [-0.15, -0.1) is 0 Å². The number of carbonyl (C=O) groups is 1. The molecule has 94 valence electrons. The van der Waals surface area contributed by atoms with Crippen LogP contribution in [0.3, 0.4) is 0 Å². The Balaban J connectivity index is 2.44. The molecule has 0 saturated carbocycles. The SMILES string of the molecule is CCCc1ccc(OCC(=O)C(C)CC)cc1. The zero-order valence-corrected chi connectivity index (χ0v) is 11.0. The second-order valence-electron chi connectivity index (χ2n) is 4.46. The van der Waals surface area contributed by atoms with E-state index in [1.54, 1.807) is 0 Å². The highest BCUT2D eigenvalue weighted by Gasteiger charge is 2.10. The molecule has 1 aromatic carbocycles. The van der Waals surface area contributed by atoms with Crippen molar-refractivity contribution < 1.29 is 9.53 Å². The standard InChI is InChI=1S/C15H22O2/c1-4-6-13-7-9-14(10-8-13)17-11-15(16)12(3)5-2/h7-10,12H,4-6,11H2,1-3H3. The van der Waals surface area contributed by atoms with Crippen molar-refractivity contribution in [1.82, 2.24) is 0 Å². The number of Topliss-reactive ketones (excluding diaryl/α,β-unsaturated/α-hetero) is 1. The first-order chi connectivity index (χ1) is 8.17. The van der Waals surface area contributed by atoms with E-state index in [0.717, 1.165) is 25.0 Å². The average molecular weight is 234 g/mol. The molecule has 0 aliphatic rings. The zero-order valence-electron chi connectivity index (χ0n) is 11.0. The summed E-state index contributed by atoms with van der Waals surface area (Å²) >= 11 is 0. The Labute approximate surface area is 104 Å². The number of rotatable bonds is 7. The molecule has 1 unspecified atom stereocenters. The zero-order chi connectivity index (χ0) is 12.7. The van der Waals surface area contributed by atoms with E-state index in [2.05, 4.69) is 19.1 Å². The summed E-state index contributed by atoms with van der Waals surface area (Å²) in [5.74, 6) is 1.04. The molecule has 17 heavy (non-hydrogen) atoms. The predicted molar refractivity (Wildman–Crippen MR) is 70.4 cm³/mol. The topological polar surface area (TPSA) is 26.3 Å². The fourth-order valence-electron chi connectivity index (χ4n) is 1.57. The van der Waals surface area contributed by atoms with Gasteiger partial charge in [-0.1, -0.05) is 39.3 Å². The van der Waals surface area contributed by atoms with Gasteiger partial charge in [0.2, 0.25) is 0 Å². The first-order valence-corrected chi connectivity index (χ1v) is 6.41. The van der Waals surface area contributed by atoms with Crippen molar-refractivity contribution in [3.05, 3.63) is 29.8 Å². The van der Waals surface area contributed by atoms with Crippen LogP contribution in [0.15, 0.2) is 24.3 Å². The van der Waals surface area contributed by atoms with E-state index in [0.29, 0.717) is 0 Å². The maximum absolute atomic E-state index is 11.6. The van der Waals surface area contributed by atoms with Crippen molar-refractivity contribution >= 4 is 5.78 Å².